The van der Waals surface area contributed by atoms with Gasteiger partial charge in [-0.2, -0.15) is 18.4 Å². The third-order valence-corrected chi connectivity index (χ3v) is 7.71. The summed E-state index contributed by atoms with van der Waals surface area (Å²) in [5, 5.41) is 10.8. The maximum Gasteiger partial charge on any atom is 0.417 e. The molecular formula is C25H16F5N3O3S2. The largest absolute Gasteiger partial charge is 0.417 e. The van der Waals surface area contributed by atoms with E-state index in [1.807, 2.05) is 0 Å². The van der Waals surface area contributed by atoms with E-state index < -0.39 is 50.9 Å². The van der Waals surface area contributed by atoms with E-state index in [1.165, 1.54) is 18.3 Å². The zero-order valence-corrected chi connectivity index (χ0v) is 21.2. The fourth-order valence-corrected chi connectivity index (χ4v) is 5.72. The highest BCUT2D eigenvalue weighted by atomic mass is 32.2. The van der Waals surface area contributed by atoms with Crippen LogP contribution in [0.1, 0.15) is 22.3 Å². The fraction of sp³-hybridized carbons (Fsp3) is 0.160. The van der Waals surface area contributed by atoms with E-state index in [-0.39, 0.29) is 21.2 Å². The minimum atomic E-state index is -5.03. The molecule has 3 aromatic heterocycles. The number of aromatic nitrogens is 2. The third-order valence-electron chi connectivity index (χ3n) is 5.63. The van der Waals surface area contributed by atoms with Gasteiger partial charge in [0.25, 0.3) is 5.56 Å². The van der Waals surface area contributed by atoms with Crippen molar-refractivity contribution in [3.05, 3.63) is 92.2 Å². The van der Waals surface area contributed by atoms with Crippen LogP contribution in [-0.2, 0) is 22.6 Å². The van der Waals surface area contributed by atoms with Gasteiger partial charge in [-0.25, -0.2) is 22.2 Å². The van der Waals surface area contributed by atoms with Gasteiger partial charge in [0.05, 0.1) is 22.7 Å². The molecule has 0 amide bonds. The Morgan fingerprint density at radius 3 is 2.39 bits per heavy atom. The Hall–Kier alpha value is -3.89. The Kier molecular flexibility index (Phi) is 6.98. The second-order valence-electron chi connectivity index (χ2n) is 8.37. The lowest BCUT2D eigenvalue weighted by molar-refractivity contribution is -0.137. The molecule has 0 saturated carbocycles. The van der Waals surface area contributed by atoms with Crippen LogP contribution in [0.15, 0.2) is 57.8 Å². The summed E-state index contributed by atoms with van der Waals surface area (Å²) in [5.74, 6) is -1.89. The standard InChI is InChI=1S/C25H16F5N3O3S2/c1-13-5-15(10-32-23(13)38(2,35)36)16-6-22(37-12-16)21-8-19(25(28,29)30)18(9-31)24(34)33(21)11-14-3-4-17(26)7-20(14)27/h3-8,10,12H,11H2,1-2H3. The predicted molar refractivity (Wildman–Crippen MR) is 130 cm³/mol. The van der Waals surface area contributed by atoms with Crippen LogP contribution in [0.5, 0.6) is 0 Å². The van der Waals surface area contributed by atoms with Gasteiger partial charge in [0, 0.05) is 29.6 Å². The number of nitrogens with zero attached hydrogens (tertiary/aromatic N) is 3. The summed E-state index contributed by atoms with van der Waals surface area (Å²) in [7, 11) is -3.58. The van der Waals surface area contributed by atoms with Crippen molar-refractivity contribution in [1.29, 1.82) is 5.26 Å². The number of pyridine rings is 2. The van der Waals surface area contributed by atoms with Crippen molar-refractivity contribution in [2.75, 3.05) is 6.26 Å². The first-order valence-corrected chi connectivity index (χ1v) is 13.4. The quantitative estimate of drug-likeness (QED) is 0.295. The number of hydrogen-bond donors (Lipinski definition) is 0. The Morgan fingerprint density at radius 2 is 1.82 bits per heavy atom. The predicted octanol–water partition coefficient (Wildman–Crippen LogP) is 5.57. The first-order valence-electron chi connectivity index (χ1n) is 10.7. The average Bonchev–Trinajstić information content (AvgIpc) is 3.30. The van der Waals surface area contributed by atoms with Gasteiger partial charge in [-0.3, -0.25) is 4.79 Å². The molecule has 0 N–H and O–H groups in total. The molecule has 0 fully saturated rings. The minimum Gasteiger partial charge on any atom is -0.302 e. The topological polar surface area (TPSA) is 92.8 Å². The van der Waals surface area contributed by atoms with E-state index >= 15 is 0 Å². The van der Waals surface area contributed by atoms with E-state index in [4.69, 9.17) is 0 Å². The second-order valence-corrected chi connectivity index (χ2v) is 11.2. The summed E-state index contributed by atoms with van der Waals surface area (Å²) in [4.78, 5) is 17.2. The van der Waals surface area contributed by atoms with Gasteiger partial charge >= 0.3 is 6.18 Å². The highest BCUT2D eigenvalue weighted by Crippen LogP contribution is 2.37. The van der Waals surface area contributed by atoms with Crippen LogP contribution in [0.2, 0.25) is 0 Å². The molecule has 1 aromatic carbocycles. The average molecular weight is 566 g/mol. The van der Waals surface area contributed by atoms with Gasteiger partial charge in [-0.05, 0) is 47.7 Å². The summed E-state index contributed by atoms with van der Waals surface area (Å²) in [5.41, 5.74) is -2.99. The van der Waals surface area contributed by atoms with E-state index in [2.05, 4.69) is 4.98 Å². The van der Waals surface area contributed by atoms with Gasteiger partial charge in [0.1, 0.15) is 23.3 Å². The zero-order chi connectivity index (χ0) is 28.0. The molecule has 0 bridgehead atoms. The lowest BCUT2D eigenvalue weighted by atomic mass is 10.1. The van der Waals surface area contributed by atoms with E-state index in [1.54, 1.807) is 18.4 Å². The van der Waals surface area contributed by atoms with Crippen molar-refractivity contribution < 1.29 is 30.4 Å². The van der Waals surface area contributed by atoms with Crippen LogP contribution in [-0.4, -0.2) is 24.2 Å². The van der Waals surface area contributed by atoms with Crippen LogP contribution in [0.25, 0.3) is 21.7 Å². The van der Waals surface area contributed by atoms with Gasteiger partial charge in [0.15, 0.2) is 14.9 Å². The van der Waals surface area contributed by atoms with Crippen molar-refractivity contribution >= 4 is 21.2 Å². The molecule has 0 aliphatic carbocycles. The number of aryl methyl sites for hydroxylation is 1. The van der Waals surface area contributed by atoms with Gasteiger partial charge < -0.3 is 4.57 Å². The van der Waals surface area contributed by atoms with Crippen LogP contribution < -0.4 is 5.56 Å². The summed E-state index contributed by atoms with van der Waals surface area (Å²) in [6.07, 6.45) is -2.71. The molecule has 4 rings (SSSR count). The lowest BCUT2D eigenvalue weighted by Gasteiger charge is -2.17. The number of halogens is 5. The van der Waals surface area contributed by atoms with Gasteiger partial charge in [-0.15, -0.1) is 11.3 Å². The normalized spacial score (nSPS) is 11.9. The molecule has 196 valence electrons. The SMILES string of the molecule is Cc1cc(-c2csc(-c3cc(C(F)(F)F)c(C#N)c(=O)n3Cc3ccc(F)cc3F)c2)cnc1S(C)(=O)=O. The number of nitriles is 1. The van der Waals surface area contributed by atoms with Crippen LogP contribution in [0, 0.1) is 29.9 Å². The first-order chi connectivity index (χ1) is 17.7. The van der Waals surface area contributed by atoms with Crippen LogP contribution in [0.4, 0.5) is 22.0 Å². The number of benzene rings is 1. The molecule has 0 aliphatic rings. The van der Waals surface area contributed by atoms with E-state index in [9.17, 15) is 40.4 Å². The number of sulfone groups is 1. The molecule has 4 aromatic rings. The van der Waals surface area contributed by atoms with Crippen molar-refractivity contribution in [1.82, 2.24) is 9.55 Å². The molecule has 3 heterocycles. The molecule has 13 heteroatoms. The Morgan fingerprint density at radius 1 is 1.11 bits per heavy atom. The smallest absolute Gasteiger partial charge is 0.302 e. The summed E-state index contributed by atoms with van der Waals surface area (Å²) in [6.45, 7) is 0.981. The highest BCUT2D eigenvalue weighted by Gasteiger charge is 2.37. The van der Waals surface area contributed by atoms with Crippen molar-refractivity contribution in [2.45, 2.75) is 24.7 Å². The number of hydrogen-bond acceptors (Lipinski definition) is 6. The van der Waals surface area contributed by atoms with Gasteiger partial charge in [-0.1, -0.05) is 6.07 Å². The van der Waals surface area contributed by atoms with Crippen LogP contribution in [0.3, 0.4) is 0 Å². The fourth-order valence-electron chi connectivity index (χ4n) is 3.89. The number of alkyl halides is 3. The summed E-state index contributed by atoms with van der Waals surface area (Å²) in [6, 6.07) is 7.54. The molecule has 0 saturated heterocycles. The minimum absolute atomic E-state index is 0.117. The van der Waals surface area contributed by atoms with Crippen molar-refractivity contribution in [3.63, 3.8) is 0 Å². The molecule has 0 spiro atoms. The zero-order valence-electron chi connectivity index (χ0n) is 19.6. The number of rotatable bonds is 5. The Bertz CT molecular complexity index is 1790. The maximum absolute atomic E-state index is 14.4. The van der Waals surface area contributed by atoms with Gasteiger partial charge in [0.2, 0.25) is 0 Å². The molecular weight excluding hydrogens is 549 g/mol. The van der Waals surface area contributed by atoms with E-state index in [0.717, 1.165) is 34.3 Å². The summed E-state index contributed by atoms with van der Waals surface area (Å²) >= 11 is 0.976. The van der Waals surface area contributed by atoms with Crippen molar-refractivity contribution in [2.24, 2.45) is 0 Å². The second kappa shape index (κ2) is 9.77. The summed E-state index contributed by atoms with van der Waals surface area (Å²) < 4.78 is 93.6. The van der Waals surface area contributed by atoms with Crippen molar-refractivity contribution in [3.8, 4) is 27.8 Å². The molecule has 0 aliphatic heterocycles. The molecule has 0 radical (unpaired) electrons. The monoisotopic (exact) mass is 565 g/mol. The maximum atomic E-state index is 14.4. The van der Waals surface area contributed by atoms with E-state index in [0.29, 0.717) is 28.8 Å². The lowest BCUT2D eigenvalue weighted by Crippen LogP contribution is -2.28. The highest BCUT2D eigenvalue weighted by molar-refractivity contribution is 7.90. The number of thiophene rings is 1. The molecule has 38 heavy (non-hydrogen) atoms. The Balaban J connectivity index is 1.91. The van der Waals surface area contributed by atoms with Crippen LogP contribution >= 0.6 is 11.3 Å². The molecule has 6 nitrogen and oxygen atoms in total. The molecule has 0 unspecified atom stereocenters. The third kappa shape index (κ3) is 5.23. The first kappa shape index (κ1) is 27.2. The molecule has 0 atom stereocenters. The Labute approximate surface area is 217 Å².